The maximum Gasteiger partial charge on any atom is 0.412 e. The van der Waals surface area contributed by atoms with Gasteiger partial charge in [0.05, 0.1) is 28.8 Å². The van der Waals surface area contributed by atoms with Crippen molar-refractivity contribution in [1.82, 2.24) is 24.3 Å². The van der Waals surface area contributed by atoms with E-state index in [1.54, 1.807) is 33.2 Å². The summed E-state index contributed by atoms with van der Waals surface area (Å²) >= 11 is 7.95. The zero-order valence-electron chi connectivity index (χ0n) is 25.3. The number of aryl methyl sites for hydroxylation is 1. The Balaban J connectivity index is 1.18. The topological polar surface area (TPSA) is 147 Å². The minimum atomic E-state index is -0.650. The summed E-state index contributed by atoms with van der Waals surface area (Å²) in [6.07, 6.45) is 7.60. The van der Waals surface area contributed by atoms with E-state index in [0.717, 1.165) is 48.2 Å². The molecule has 0 aromatic carbocycles. The van der Waals surface area contributed by atoms with Crippen molar-refractivity contribution in [3.63, 3.8) is 0 Å². The largest absolute Gasteiger partial charge is 0.444 e. The van der Waals surface area contributed by atoms with Gasteiger partial charge in [0.25, 0.3) is 0 Å². The van der Waals surface area contributed by atoms with Crippen molar-refractivity contribution < 1.29 is 14.3 Å². The van der Waals surface area contributed by atoms with Crippen molar-refractivity contribution in [1.29, 1.82) is 10.5 Å². The summed E-state index contributed by atoms with van der Waals surface area (Å²) in [6.45, 7) is 7.74. The summed E-state index contributed by atoms with van der Waals surface area (Å²) in [5, 5.41) is 28.9. The number of hydrogen-bond acceptors (Lipinski definition) is 10. The van der Waals surface area contributed by atoms with Crippen LogP contribution in [0.5, 0.6) is 0 Å². The molecular weight excluding hydrogens is 614 g/mol. The molecule has 1 N–H and O–H groups in total. The van der Waals surface area contributed by atoms with Gasteiger partial charge in [0.15, 0.2) is 6.23 Å². The molecule has 4 aromatic heterocycles. The first-order valence-corrected chi connectivity index (χ1v) is 16.2. The smallest absolute Gasteiger partial charge is 0.412 e. The van der Waals surface area contributed by atoms with Crippen LogP contribution in [0.2, 0.25) is 5.28 Å². The maximum atomic E-state index is 12.5. The zero-order valence-corrected chi connectivity index (χ0v) is 26.8. The van der Waals surface area contributed by atoms with Gasteiger partial charge in [-0.15, -0.1) is 11.3 Å². The van der Waals surface area contributed by atoms with E-state index < -0.39 is 11.7 Å². The first-order valence-electron chi connectivity index (χ1n) is 15.0. The normalized spacial score (nSPS) is 18.8. The fourth-order valence-electron chi connectivity index (χ4n) is 6.83. The first-order chi connectivity index (χ1) is 21.6. The molecule has 1 unspecified atom stereocenters. The van der Waals surface area contributed by atoms with Crippen LogP contribution in [0.15, 0.2) is 18.5 Å². The molecule has 6 heterocycles. The van der Waals surface area contributed by atoms with Gasteiger partial charge in [-0.3, -0.25) is 5.32 Å². The molecule has 2 saturated heterocycles. The molecule has 4 aromatic rings. The molecule has 7 rings (SSSR count). The molecule has 0 saturated carbocycles. The summed E-state index contributed by atoms with van der Waals surface area (Å²) in [7, 11) is 0. The van der Waals surface area contributed by atoms with Gasteiger partial charge in [-0.25, -0.2) is 9.48 Å². The Bertz CT molecular complexity index is 1900. The van der Waals surface area contributed by atoms with Crippen LogP contribution in [0.3, 0.4) is 0 Å². The van der Waals surface area contributed by atoms with Gasteiger partial charge < -0.3 is 18.9 Å². The van der Waals surface area contributed by atoms with E-state index in [1.807, 2.05) is 15.3 Å². The molecule has 1 amide bonds. The molecule has 45 heavy (non-hydrogen) atoms. The number of nitrogens with zero attached hydrogens (tertiary/aromatic N) is 8. The Labute approximate surface area is 269 Å². The van der Waals surface area contributed by atoms with Crippen molar-refractivity contribution in [2.24, 2.45) is 0 Å². The molecule has 1 spiro atoms. The van der Waals surface area contributed by atoms with Crippen molar-refractivity contribution >= 4 is 50.9 Å². The van der Waals surface area contributed by atoms with Gasteiger partial charge in [-0.1, -0.05) is 0 Å². The Kier molecular flexibility index (Phi) is 7.23. The molecule has 12 nitrogen and oxygen atoms in total. The number of anilines is 2. The average Bonchev–Trinajstić information content (AvgIpc) is 3.74. The third-order valence-electron chi connectivity index (χ3n) is 8.66. The quantitative estimate of drug-likeness (QED) is 0.263. The van der Waals surface area contributed by atoms with Crippen molar-refractivity contribution in [2.75, 3.05) is 29.9 Å². The standard InChI is InChI=1S/C31H32ClN9O3S/c1-30(2,3)44-29(42)38-27-20(13-34)24-21(45-27)7-9-31(24)16-40(17-31)26-23-18(12-33)14-39(25(23)36-28(32)37-26)15-19-8-10-35-41(19)22-6-4-5-11-43-22/h8,10,14,22H,4-7,9,11,15-17H2,1-3H3,(H,38,42). The molecule has 1 atom stereocenters. The van der Waals surface area contributed by atoms with Gasteiger partial charge in [-0.2, -0.15) is 25.6 Å². The number of nitrogens with one attached hydrogen (secondary N) is 1. The number of nitriles is 2. The molecule has 0 bridgehead atoms. The van der Waals surface area contributed by atoms with Crippen LogP contribution < -0.4 is 10.2 Å². The minimum absolute atomic E-state index is 0.0932. The number of rotatable bonds is 5. The Morgan fingerprint density at radius 1 is 1.27 bits per heavy atom. The third-order valence-corrected chi connectivity index (χ3v) is 9.99. The van der Waals surface area contributed by atoms with Crippen LogP contribution >= 0.6 is 22.9 Å². The van der Waals surface area contributed by atoms with E-state index in [1.165, 1.54) is 11.3 Å². The Morgan fingerprint density at radius 3 is 2.80 bits per heavy atom. The SMILES string of the molecule is CC(C)(C)OC(=O)Nc1sc2c(c1C#N)C1(CC2)CN(c2nc(Cl)nc3c2c(C#N)cn3Cc2ccnn2C2CCCCO2)C1. The summed E-state index contributed by atoms with van der Waals surface area (Å²) in [5.41, 5.74) is 2.54. The lowest BCUT2D eigenvalue weighted by Crippen LogP contribution is -2.59. The predicted octanol–water partition coefficient (Wildman–Crippen LogP) is 5.88. The molecule has 232 valence electrons. The van der Waals surface area contributed by atoms with Crippen molar-refractivity contribution in [3.05, 3.63) is 51.0 Å². The lowest BCUT2D eigenvalue weighted by Gasteiger charge is -2.49. The van der Waals surface area contributed by atoms with Gasteiger partial charge >= 0.3 is 6.09 Å². The Hall–Kier alpha value is -4.17. The van der Waals surface area contributed by atoms with Crippen molar-refractivity contribution in [3.8, 4) is 12.1 Å². The van der Waals surface area contributed by atoms with Gasteiger partial charge in [0.1, 0.15) is 34.2 Å². The van der Waals surface area contributed by atoms with Crippen LogP contribution in [-0.4, -0.2) is 55.7 Å². The number of hydrogen-bond donors (Lipinski definition) is 1. The number of aromatic nitrogens is 5. The summed E-state index contributed by atoms with van der Waals surface area (Å²) in [5.74, 6) is 0.601. The summed E-state index contributed by atoms with van der Waals surface area (Å²) in [6, 6.07) is 6.63. The maximum absolute atomic E-state index is 12.5. The summed E-state index contributed by atoms with van der Waals surface area (Å²) < 4.78 is 15.2. The van der Waals surface area contributed by atoms with E-state index in [2.05, 4.69) is 37.4 Å². The first kappa shape index (κ1) is 29.5. The van der Waals surface area contributed by atoms with E-state index >= 15 is 0 Å². The van der Waals surface area contributed by atoms with Crippen LogP contribution in [0.1, 0.15) is 79.9 Å². The highest BCUT2D eigenvalue weighted by Gasteiger charge is 2.52. The zero-order chi connectivity index (χ0) is 31.5. The monoisotopic (exact) mass is 645 g/mol. The van der Waals surface area contributed by atoms with E-state index in [0.29, 0.717) is 59.2 Å². The molecule has 0 radical (unpaired) electrons. The van der Waals surface area contributed by atoms with E-state index in [9.17, 15) is 15.3 Å². The number of amides is 1. The second-order valence-electron chi connectivity index (χ2n) is 12.9. The van der Waals surface area contributed by atoms with Crippen LogP contribution in [-0.2, 0) is 27.9 Å². The number of fused-ring (bicyclic) bond motifs is 3. The molecular formula is C31H32ClN9O3S. The number of carbonyl (C=O) groups is 1. The number of thiophene rings is 1. The highest BCUT2D eigenvalue weighted by molar-refractivity contribution is 7.16. The highest BCUT2D eigenvalue weighted by Crippen LogP contribution is 2.53. The fraction of sp³-hybridized carbons (Fsp3) is 0.484. The summed E-state index contributed by atoms with van der Waals surface area (Å²) in [4.78, 5) is 24.9. The lowest BCUT2D eigenvalue weighted by atomic mass is 9.74. The number of ether oxygens (including phenoxy) is 2. The highest BCUT2D eigenvalue weighted by atomic mass is 35.5. The Morgan fingerprint density at radius 2 is 2.09 bits per heavy atom. The second kappa shape index (κ2) is 11.0. The number of carbonyl (C=O) groups excluding carboxylic acids is 1. The predicted molar refractivity (Wildman–Crippen MR) is 169 cm³/mol. The van der Waals surface area contributed by atoms with Crippen LogP contribution in [0.4, 0.5) is 15.6 Å². The van der Waals surface area contributed by atoms with E-state index in [-0.39, 0.29) is 16.9 Å². The molecule has 14 heteroatoms. The lowest BCUT2D eigenvalue weighted by molar-refractivity contribution is -0.0412. The fourth-order valence-corrected chi connectivity index (χ4v) is 8.24. The van der Waals surface area contributed by atoms with Gasteiger partial charge in [-0.05, 0) is 76.1 Å². The molecule has 1 aliphatic carbocycles. The molecule has 2 fully saturated rings. The van der Waals surface area contributed by atoms with E-state index in [4.69, 9.17) is 21.1 Å². The second-order valence-corrected chi connectivity index (χ2v) is 14.3. The molecule has 3 aliphatic rings. The minimum Gasteiger partial charge on any atom is -0.444 e. The number of halogens is 1. The average molecular weight is 646 g/mol. The van der Waals surface area contributed by atoms with Crippen LogP contribution in [0.25, 0.3) is 11.0 Å². The van der Waals surface area contributed by atoms with Crippen LogP contribution in [0, 0.1) is 22.7 Å². The molecule has 2 aliphatic heterocycles. The van der Waals surface area contributed by atoms with Gasteiger partial charge in [0, 0.05) is 42.4 Å². The van der Waals surface area contributed by atoms with Crippen molar-refractivity contribution in [2.45, 2.75) is 76.7 Å². The third kappa shape index (κ3) is 5.19. The van der Waals surface area contributed by atoms with Gasteiger partial charge in [0.2, 0.25) is 5.28 Å².